The third-order valence-corrected chi connectivity index (χ3v) is 2.82. The molecular formula is C9H16BrNO2. The van der Waals surface area contributed by atoms with Crippen LogP contribution in [0.4, 0.5) is 0 Å². The zero-order valence-corrected chi connectivity index (χ0v) is 9.47. The molecule has 0 bridgehead atoms. The predicted octanol–water partition coefficient (Wildman–Crippen LogP) is 1.46. The van der Waals surface area contributed by atoms with E-state index in [9.17, 15) is 4.79 Å². The summed E-state index contributed by atoms with van der Waals surface area (Å²) >= 11 is 3.24. The molecule has 0 aliphatic heterocycles. The summed E-state index contributed by atoms with van der Waals surface area (Å²) in [6, 6.07) is 0.233. The van der Waals surface area contributed by atoms with Crippen molar-refractivity contribution in [2.75, 3.05) is 12.4 Å². The number of hydrogen-bond acceptors (Lipinski definition) is 2. The summed E-state index contributed by atoms with van der Waals surface area (Å²) in [7, 11) is 1.71. The summed E-state index contributed by atoms with van der Waals surface area (Å²) in [5.41, 5.74) is 0. The number of ether oxygens (including phenoxy) is 1. The lowest BCUT2D eigenvalue weighted by molar-refractivity contribution is -0.122. The lowest BCUT2D eigenvalue weighted by Crippen LogP contribution is -2.40. The van der Waals surface area contributed by atoms with Gasteiger partial charge in [0.05, 0.1) is 12.1 Å². The Morgan fingerprint density at radius 2 is 2.38 bits per heavy atom. The van der Waals surface area contributed by atoms with Gasteiger partial charge in [-0.25, -0.2) is 0 Å². The summed E-state index contributed by atoms with van der Waals surface area (Å²) in [5.74, 6) is 0.117. The monoisotopic (exact) mass is 249 g/mol. The summed E-state index contributed by atoms with van der Waals surface area (Å²) < 4.78 is 5.28. The molecule has 1 aliphatic rings. The van der Waals surface area contributed by atoms with Gasteiger partial charge in [0.25, 0.3) is 0 Å². The van der Waals surface area contributed by atoms with E-state index >= 15 is 0 Å². The molecule has 1 saturated carbocycles. The Labute approximate surface area is 87.3 Å². The molecule has 0 saturated heterocycles. The molecule has 4 heteroatoms. The molecule has 2 atom stereocenters. The van der Waals surface area contributed by atoms with E-state index in [-0.39, 0.29) is 18.1 Å². The van der Waals surface area contributed by atoms with Crippen molar-refractivity contribution >= 4 is 21.8 Å². The first-order chi connectivity index (χ1) is 6.27. The Morgan fingerprint density at radius 3 is 3.00 bits per heavy atom. The van der Waals surface area contributed by atoms with Gasteiger partial charge in [-0.15, -0.1) is 0 Å². The fourth-order valence-electron chi connectivity index (χ4n) is 1.74. The number of halogens is 1. The summed E-state index contributed by atoms with van der Waals surface area (Å²) in [6.07, 6.45) is 4.03. The van der Waals surface area contributed by atoms with Crippen molar-refractivity contribution in [3.8, 4) is 0 Å². The van der Waals surface area contributed by atoms with Gasteiger partial charge in [-0.1, -0.05) is 15.9 Å². The average molecular weight is 250 g/mol. The quantitative estimate of drug-likeness (QED) is 0.767. The van der Waals surface area contributed by atoms with Crippen LogP contribution in [-0.2, 0) is 9.53 Å². The van der Waals surface area contributed by atoms with E-state index in [1.54, 1.807) is 7.11 Å². The minimum absolute atomic E-state index is 0.117. The molecular weight excluding hydrogens is 234 g/mol. The number of rotatable bonds is 4. The Kier molecular flexibility index (Phi) is 4.73. The van der Waals surface area contributed by atoms with E-state index in [1.165, 1.54) is 0 Å². The smallest absolute Gasteiger partial charge is 0.221 e. The SMILES string of the molecule is COC1CCCC1NC(=O)CCBr. The van der Waals surface area contributed by atoms with E-state index in [1.807, 2.05) is 0 Å². The van der Waals surface area contributed by atoms with Crippen molar-refractivity contribution in [1.29, 1.82) is 0 Å². The molecule has 0 spiro atoms. The highest BCUT2D eigenvalue weighted by molar-refractivity contribution is 9.09. The van der Waals surface area contributed by atoms with Crippen LogP contribution < -0.4 is 5.32 Å². The second-order valence-corrected chi connectivity index (χ2v) is 4.11. The maximum absolute atomic E-state index is 11.3. The first kappa shape index (κ1) is 11.0. The second-order valence-electron chi connectivity index (χ2n) is 3.32. The van der Waals surface area contributed by atoms with Gasteiger partial charge in [-0.05, 0) is 19.3 Å². The number of carbonyl (C=O) groups excluding carboxylic acids is 1. The van der Waals surface area contributed by atoms with Gasteiger partial charge in [-0.3, -0.25) is 4.79 Å². The number of methoxy groups -OCH3 is 1. The van der Waals surface area contributed by atoms with Gasteiger partial charge in [-0.2, -0.15) is 0 Å². The van der Waals surface area contributed by atoms with Crippen molar-refractivity contribution in [1.82, 2.24) is 5.32 Å². The van der Waals surface area contributed by atoms with Crippen LogP contribution in [0.2, 0.25) is 0 Å². The molecule has 3 nitrogen and oxygen atoms in total. The topological polar surface area (TPSA) is 38.3 Å². The lowest BCUT2D eigenvalue weighted by atomic mass is 10.2. The van der Waals surface area contributed by atoms with Gasteiger partial charge in [0.2, 0.25) is 5.91 Å². The van der Waals surface area contributed by atoms with Crippen molar-refractivity contribution < 1.29 is 9.53 Å². The van der Waals surface area contributed by atoms with Crippen LogP contribution in [0.25, 0.3) is 0 Å². The van der Waals surface area contributed by atoms with Gasteiger partial charge in [0.15, 0.2) is 0 Å². The highest BCUT2D eigenvalue weighted by atomic mass is 79.9. The minimum Gasteiger partial charge on any atom is -0.379 e. The third-order valence-electron chi connectivity index (χ3n) is 2.42. The van der Waals surface area contributed by atoms with Crippen LogP contribution in [0.5, 0.6) is 0 Å². The third kappa shape index (κ3) is 3.27. The van der Waals surface area contributed by atoms with Crippen molar-refractivity contribution in [2.45, 2.75) is 37.8 Å². The Hall–Kier alpha value is -0.0900. The van der Waals surface area contributed by atoms with E-state index in [0.29, 0.717) is 6.42 Å². The molecule has 13 heavy (non-hydrogen) atoms. The maximum Gasteiger partial charge on any atom is 0.221 e. The van der Waals surface area contributed by atoms with E-state index in [4.69, 9.17) is 4.74 Å². The average Bonchev–Trinajstić information content (AvgIpc) is 2.52. The molecule has 0 heterocycles. The zero-order valence-electron chi connectivity index (χ0n) is 7.88. The van der Waals surface area contributed by atoms with E-state index in [2.05, 4.69) is 21.2 Å². The first-order valence-corrected chi connectivity index (χ1v) is 5.78. The second kappa shape index (κ2) is 5.60. The number of carbonyl (C=O) groups is 1. The lowest BCUT2D eigenvalue weighted by Gasteiger charge is -2.19. The van der Waals surface area contributed by atoms with Gasteiger partial charge >= 0.3 is 0 Å². The van der Waals surface area contributed by atoms with Crippen LogP contribution in [0.1, 0.15) is 25.7 Å². The Bertz CT molecular complexity index is 175. The number of amides is 1. The van der Waals surface area contributed by atoms with Crippen LogP contribution in [-0.4, -0.2) is 30.5 Å². The van der Waals surface area contributed by atoms with Gasteiger partial charge < -0.3 is 10.1 Å². The molecule has 2 unspecified atom stereocenters. The van der Waals surface area contributed by atoms with Crippen molar-refractivity contribution in [3.63, 3.8) is 0 Å². The van der Waals surface area contributed by atoms with Crippen LogP contribution in [0, 0.1) is 0 Å². The normalized spacial score (nSPS) is 27.5. The number of nitrogens with one attached hydrogen (secondary N) is 1. The fraction of sp³-hybridized carbons (Fsp3) is 0.889. The molecule has 1 fully saturated rings. The molecule has 1 aliphatic carbocycles. The zero-order chi connectivity index (χ0) is 9.68. The first-order valence-electron chi connectivity index (χ1n) is 4.66. The largest absolute Gasteiger partial charge is 0.379 e. The van der Waals surface area contributed by atoms with E-state index in [0.717, 1.165) is 24.6 Å². The highest BCUT2D eigenvalue weighted by Crippen LogP contribution is 2.21. The number of hydrogen-bond donors (Lipinski definition) is 1. The minimum atomic E-state index is 0.117. The standard InChI is InChI=1S/C9H16BrNO2/c1-13-8-4-2-3-7(8)11-9(12)5-6-10/h7-8H,2-6H2,1H3,(H,11,12). The van der Waals surface area contributed by atoms with Crippen LogP contribution >= 0.6 is 15.9 Å². The molecule has 76 valence electrons. The Balaban J connectivity index is 2.30. The molecule has 0 aromatic heterocycles. The Morgan fingerprint density at radius 1 is 1.62 bits per heavy atom. The van der Waals surface area contributed by atoms with E-state index < -0.39 is 0 Å². The molecule has 1 N–H and O–H groups in total. The van der Waals surface area contributed by atoms with Crippen LogP contribution in [0.3, 0.4) is 0 Å². The van der Waals surface area contributed by atoms with Crippen molar-refractivity contribution in [3.05, 3.63) is 0 Å². The number of alkyl halides is 1. The molecule has 0 aromatic carbocycles. The molecule has 0 radical (unpaired) electrons. The summed E-state index contributed by atoms with van der Waals surface area (Å²) in [6.45, 7) is 0. The molecule has 0 aromatic rings. The highest BCUT2D eigenvalue weighted by Gasteiger charge is 2.27. The van der Waals surface area contributed by atoms with Crippen molar-refractivity contribution in [2.24, 2.45) is 0 Å². The van der Waals surface area contributed by atoms with Gasteiger partial charge in [0, 0.05) is 18.9 Å². The van der Waals surface area contributed by atoms with Gasteiger partial charge in [0.1, 0.15) is 0 Å². The van der Waals surface area contributed by atoms with Crippen LogP contribution in [0.15, 0.2) is 0 Å². The molecule has 1 rings (SSSR count). The fourth-order valence-corrected chi connectivity index (χ4v) is 2.10. The summed E-state index contributed by atoms with van der Waals surface area (Å²) in [5, 5.41) is 3.71. The predicted molar refractivity (Wildman–Crippen MR) is 55.0 cm³/mol. The maximum atomic E-state index is 11.3. The summed E-state index contributed by atoms with van der Waals surface area (Å²) in [4.78, 5) is 11.3. The molecule has 1 amide bonds.